The lowest BCUT2D eigenvalue weighted by atomic mass is 9.93. The van der Waals surface area contributed by atoms with Gasteiger partial charge in [-0.05, 0) is 65.5 Å². The van der Waals surface area contributed by atoms with Gasteiger partial charge in [0.05, 0.1) is 33.0 Å². The first kappa shape index (κ1) is 33.1. The maximum absolute atomic E-state index is 14.1. The molecule has 1 N–H and O–H groups in total. The Kier molecular flexibility index (Phi) is 10.8. The van der Waals surface area contributed by atoms with Gasteiger partial charge in [0, 0.05) is 13.0 Å². The van der Waals surface area contributed by atoms with Gasteiger partial charge >= 0.3 is 12.0 Å². The molecule has 0 saturated carbocycles. The van der Waals surface area contributed by atoms with Gasteiger partial charge in [0.25, 0.3) is 0 Å². The molecule has 1 fully saturated rings. The number of esters is 1. The van der Waals surface area contributed by atoms with E-state index in [0.717, 1.165) is 22.4 Å². The summed E-state index contributed by atoms with van der Waals surface area (Å²) in [6, 6.07) is 23.5. The molecule has 1 saturated heterocycles. The summed E-state index contributed by atoms with van der Waals surface area (Å²) in [6.45, 7) is 11.2. The second-order valence-electron chi connectivity index (χ2n) is 12.8. The number of methoxy groups -OCH3 is 2. The molecule has 3 atom stereocenters. The van der Waals surface area contributed by atoms with Crippen molar-refractivity contribution in [1.29, 1.82) is 0 Å². The fraction of sp³-hybridized carbons (Fsp3) is 0.429. The van der Waals surface area contributed by atoms with Crippen molar-refractivity contribution >= 4 is 20.3 Å². The Balaban J connectivity index is 1.67. The summed E-state index contributed by atoms with van der Waals surface area (Å²) in [5.41, 5.74) is 2.94. The molecule has 2 amide bonds. The number of urea groups is 1. The molecule has 0 aliphatic carbocycles. The zero-order valence-corrected chi connectivity index (χ0v) is 28.0. The first-order valence-electron chi connectivity index (χ1n) is 15.1. The number of nitrogens with zero attached hydrogens (tertiary/aromatic N) is 1. The molecule has 0 spiro atoms. The molecule has 8 nitrogen and oxygen atoms in total. The summed E-state index contributed by atoms with van der Waals surface area (Å²) in [6.07, 6.45) is 0.437. The molecule has 0 radical (unpaired) electrons. The molecule has 44 heavy (non-hydrogen) atoms. The zero-order valence-electron chi connectivity index (χ0n) is 27.0. The predicted octanol–water partition coefficient (Wildman–Crippen LogP) is 6.39. The molecule has 236 valence electrons. The first-order chi connectivity index (χ1) is 20.9. The number of hydrogen-bond donors (Lipinski definition) is 1. The normalized spacial score (nSPS) is 18.8. The number of rotatable bonds is 12. The van der Waals surface area contributed by atoms with Gasteiger partial charge in [-0.3, -0.25) is 0 Å². The lowest BCUT2D eigenvalue weighted by Crippen LogP contribution is -2.70. The monoisotopic (exact) mass is 618 g/mol. The van der Waals surface area contributed by atoms with E-state index in [9.17, 15) is 9.59 Å². The summed E-state index contributed by atoms with van der Waals surface area (Å²) in [4.78, 5) is 29.5. The van der Waals surface area contributed by atoms with Crippen LogP contribution in [0.2, 0.25) is 18.1 Å². The number of amides is 2. The van der Waals surface area contributed by atoms with Crippen LogP contribution in [-0.2, 0) is 33.3 Å². The summed E-state index contributed by atoms with van der Waals surface area (Å²) >= 11 is 0. The SMILES string of the molecule is COc1ccc(CCOC(=O)[C@H]2[C@H](O[Si](C)(C)C(C)(C)C)[C@H](Cc3ccccc3)NC(=O)N2Cc2ccc(OC)cc2)cc1. The van der Waals surface area contributed by atoms with Crippen molar-refractivity contribution in [3.63, 3.8) is 0 Å². The second-order valence-corrected chi connectivity index (χ2v) is 17.5. The van der Waals surface area contributed by atoms with E-state index >= 15 is 0 Å². The molecule has 3 aromatic rings. The molecule has 4 rings (SSSR count). The minimum Gasteiger partial charge on any atom is -0.497 e. The van der Waals surface area contributed by atoms with Crippen LogP contribution in [0.5, 0.6) is 11.5 Å². The van der Waals surface area contributed by atoms with Crippen LogP contribution in [0.3, 0.4) is 0 Å². The maximum atomic E-state index is 14.1. The average Bonchev–Trinajstić information content (AvgIpc) is 3.00. The third kappa shape index (κ3) is 8.21. The number of ether oxygens (including phenoxy) is 3. The molecule has 3 aromatic carbocycles. The quantitative estimate of drug-likeness (QED) is 0.187. The number of hydrogen-bond acceptors (Lipinski definition) is 6. The highest BCUT2D eigenvalue weighted by atomic mass is 28.4. The summed E-state index contributed by atoms with van der Waals surface area (Å²) in [5.74, 6) is 1.01. The highest BCUT2D eigenvalue weighted by Crippen LogP contribution is 2.39. The third-order valence-corrected chi connectivity index (χ3v) is 13.2. The van der Waals surface area contributed by atoms with E-state index in [1.165, 1.54) is 0 Å². The lowest BCUT2D eigenvalue weighted by Gasteiger charge is -2.49. The molecule has 1 aliphatic heterocycles. The van der Waals surface area contributed by atoms with Crippen molar-refractivity contribution in [1.82, 2.24) is 10.2 Å². The Bertz CT molecular complexity index is 1370. The third-order valence-electron chi connectivity index (χ3n) is 8.70. The minimum atomic E-state index is -2.40. The summed E-state index contributed by atoms with van der Waals surface area (Å²) in [5, 5.41) is 3.08. The highest BCUT2D eigenvalue weighted by Gasteiger charge is 2.51. The van der Waals surface area contributed by atoms with Gasteiger partial charge in [0.15, 0.2) is 14.4 Å². The van der Waals surface area contributed by atoms with Crippen LogP contribution in [0.4, 0.5) is 4.79 Å². The fourth-order valence-corrected chi connectivity index (χ4v) is 6.38. The van der Waals surface area contributed by atoms with Crippen LogP contribution in [0.1, 0.15) is 37.5 Å². The van der Waals surface area contributed by atoms with E-state index in [0.29, 0.717) is 18.6 Å². The Labute approximate surface area is 262 Å². The smallest absolute Gasteiger partial charge is 0.331 e. The Hall–Kier alpha value is -3.82. The van der Waals surface area contributed by atoms with E-state index in [-0.39, 0.29) is 24.2 Å². The van der Waals surface area contributed by atoms with Crippen molar-refractivity contribution in [3.05, 3.63) is 95.6 Å². The van der Waals surface area contributed by atoms with Gasteiger partial charge in [0.2, 0.25) is 0 Å². The van der Waals surface area contributed by atoms with Crippen molar-refractivity contribution < 1.29 is 28.2 Å². The summed E-state index contributed by atoms with van der Waals surface area (Å²) in [7, 11) is 0.837. The topological polar surface area (TPSA) is 86.3 Å². The van der Waals surface area contributed by atoms with Crippen LogP contribution in [0.25, 0.3) is 0 Å². The first-order valence-corrected chi connectivity index (χ1v) is 18.0. The van der Waals surface area contributed by atoms with Crippen LogP contribution in [0, 0.1) is 0 Å². The lowest BCUT2D eigenvalue weighted by molar-refractivity contribution is -0.155. The number of carbonyl (C=O) groups is 2. The van der Waals surface area contributed by atoms with Crippen LogP contribution in [0.15, 0.2) is 78.9 Å². The van der Waals surface area contributed by atoms with Gasteiger partial charge in [-0.15, -0.1) is 0 Å². The van der Waals surface area contributed by atoms with Crippen LogP contribution >= 0.6 is 0 Å². The average molecular weight is 619 g/mol. The van der Waals surface area contributed by atoms with Crippen molar-refractivity contribution in [2.24, 2.45) is 0 Å². The van der Waals surface area contributed by atoms with Gasteiger partial charge in [0.1, 0.15) is 11.5 Å². The minimum absolute atomic E-state index is 0.116. The second kappa shape index (κ2) is 14.3. The molecular formula is C35H46N2O6Si. The van der Waals surface area contributed by atoms with Crippen molar-refractivity contribution in [3.8, 4) is 11.5 Å². The fourth-order valence-electron chi connectivity index (χ4n) is 5.05. The van der Waals surface area contributed by atoms with Gasteiger partial charge in [-0.25, -0.2) is 9.59 Å². The predicted molar refractivity (Wildman–Crippen MR) is 175 cm³/mol. The van der Waals surface area contributed by atoms with E-state index < -0.39 is 32.5 Å². The molecule has 0 bridgehead atoms. The Morgan fingerprint density at radius 1 is 0.841 bits per heavy atom. The van der Waals surface area contributed by atoms with Gasteiger partial charge < -0.3 is 28.9 Å². The molecule has 0 unspecified atom stereocenters. The van der Waals surface area contributed by atoms with Crippen molar-refractivity contribution in [2.75, 3.05) is 20.8 Å². The Morgan fingerprint density at radius 3 is 1.95 bits per heavy atom. The van der Waals surface area contributed by atoms with Crippen LogP contribution < -0.4 is 14.8 Å². The maximum Gasteiger partial charge on any atom is 0.331 e. The molecule has 1 heterocycles. The van der Waals surface area contributed by atoms with Gasteiger partial charge in [-0.1, -0.05) is 75.4 Å². The number of carbonyl (C=O) groups excluding carboxylic acids is 2. The zero-order chi connectivity index (χ0) is 31.9. The summed E-state index contributed by atoms with van der Waals surface area (Å²) < 4.78 is 23.6. The van der Waals surface area contributed by atoms with E-state index in [1.807, 2.05) is 78.9 Å². The van der Waals surface area contributed by atoms with Crippen LogP contribution in [-0.4, -0.2) is 64.2 Å². The Morgan fingerprint density at radius 2 is 1.41 bits per heavy atom. The standard InChI is InChI=1S/C35H46N2O6Si/c1-35(2,3)44(6,7)43-32-30(23-26-11-9-8-10-12-26)36-34(39)37(24-27-15-19-29(41-5)20-16-27)31(32)33(38)42-22-21-25-13-17-28(40-4)18-14-25/h8-20,30-32H,21-24H2,1-7H3,(H,36,39)/t30-,31+,32+/m0/s1. The number of benzene rings is 3. The number of nitrogens with one attached hydrogen (secondary N) is 1. The van der Waals surface area contributed by atoms with E-state index in [4.69, 9.17) is 18.6 Å². The van der Waals surface area contributed by atoms with E-state index in [1.54, 1.807) is 19.1 Å². The molecule has 1 aliphatic rings. The molecule has 9 heteroatoms. The van der Waals surface area contributed by atoms with Gasteiger partial charge in [-0.2, -0.15) is 0 Å². The van der Waals surface area contributed by atoms with Crippen molar-refractivity contribution in [2.45, 2.75) is 76.5 Å². The van der Waals surface area contributed by atoms with E-state index in [2.05, 4.69) is 39.2 Å². The molecular weight excluding hydrogens is 572 g/mol. The largest absolute Gasteiger partial charge is 0.497 e. The molecule has 0 aromatic heterocycles. The highest BCUT2D eigenvalue weighted by molar-refractivity contribution is 6.74.